The fraction of sp³-hybridized carbons (Fsp3) is 0.200. The standard InChI is InChI=1S/C20H17N5OS/c1-11-6-4-5-7-14(11)26-9-15-23-19-18-17(21-10-25(19)24-15)16-12(2)8-13(3)22-20(16)27-18/h4-8,10H,9H2,1-3H3. The van der Waals surface area contributed by atoms with Crippen LogP contribution in [0, 0.1) is 20.8 Å². The Kier molecular flexibility index (Phi) is 3.58. The Balaban J connectivity index is 1.60. The third kappa shape index (κ3) is 2.62. The van der Waals surface area contributed by atoms with Crippen molar-refractivity contribution in [2.75, 3.05) is 0 Å². The van der Waals surface area contributed by atoms with E-state index in [2.05, 4.69) is 28.1 Å². The van der Waals surface area contributed by atoms with Gasteiger partial charge in [0.05, 0.1) is 5.52 Å². The molecule has 27 heavy (non-hydrogen) atoms. The number of pyridine rings is 1. The van der Waals surface area contributed by atoms with Crippen molar-refractivity contribution in [1.29, 1.82) is 0 Å². The fourth-order valence-electron chi connectivity index (χ4n) is 3.33. The molecule has 0 aliphatic heterocycles. The monoisotopic (exact) mass is 375 g/mol. The van der Waals surface area contributed by atoms with Crippen LogP contribution in [-0.2, 0) is 6.61 Å². The van der Waals surface area contributed by atoms with Crippen molar-refractivity contribution in [3.05, 3.63) is 59.3 Å². The van der Waals surface area contributed by atoms with E-state index in [-0.39, 0.29) is 0 Å². The van der Waals surface area contributed by atoms with Gasteiger partial charge in [0.25, 0.3) is 0 Å². The molecule has 5 rings (SSSR count). The second-order valence-electron chi connectivity index (χ2n) is 6.64. The average Bonchev–Trinajstić information content (AvgIpc) is 3.21. The number of para-hydroxylation sites is 1. The number of hydrogen-bond donors (Lipinski definition) is 0. The number of aromatic nitrogens is 5. The van der Waals surface area contributed by atoms with Crippen LogP contribution in [-0.4, -0.2) is 24.6 Å². The highest BCUT2D eigenvalue weighted by atomic mass is 32.1. The fourth-order valence-corrected chi connectivity index (χ4v) is 4.56. The van der Waals surface area contributed by atoms with Crippen LogP contribution in [0.1, 0.15) is 22.6 Å². The summed E-state index contributed by atoms with van der Waals surface area (Å²) in [6, 6.07) is 10.0. The van der Waals surface area contributed by atoms with E-state index in [9.17, 15) is 0 Å². The van der Waals surface area contributed by atoms with Gasteiger partial charge in [0, 0.05) is 11.1 Å². The van der Waals surface area contributed by atoms with Crippen LogP contribution in [0.15, 0.2) is 36.7 Å². The van der Waals surface area contributed by atoms with Gasteiger partial charge in [-0.3, -0.25) is 0 Å². The number of nitrogens with zero attached hydrogens (tertiary/aromatic N) is 5. The lowest BCUT2D eigenvalue weighted by Gasteiger charge is -2.05. The zero-order chi connectivity index (χ0) is 18.5. The molecular weight excluding hydrogens is 358 g/mol. The van der Waals surface area contributed by atoms with E-state index < -0.39 is 0 Å². The molecule has 1 aromatic carbocycles. The first-order valence-electron chi connectivity index (χ1n) is 8.69. The van der Waals surface area contributed by atoms with Crippen LogP contribution in [0.2, 0.25) is 0 Å². The number of rotatable bonds is 3. The van der Waals surface area contributed by atoms with E-state index in [0.29, 0.717) is 12.4 Å². The molecule has 0 bridgehead atoms. The number of hydrogen-bond acceptors (Lipinski definition) is 6. The van der Waals surface area contributed by atoms with Crippen molar-refractivity contribution in [3.8, 4) is 5.75 Å². The Morgan fingerprint density at radius 1 is 1.07 bits per heavy atom. The summed E-state index contributed by atoms with van der Waals surface area (Å²) >= 11 is 1.61. The summed E-state index contributed by atoms with van der Waals surface area (Å²) in [4.78, 5) is 15.0. The van der Waals surface area contributed by atoms with Gasteiger partial charge in [0.1, 0.15) is 28.2 Å². The van der Waals surface area contributed by atoms with Crippen molar-refractivity contribution in [3.63, 3.8) is 0 Å². The van der Waals surface area contributed by atoms with E-state index in [4.69, 9.17) is 9.72 Å². The third-order valence-electron chi connectivity index (χ3n) is 4.59. The molecule has 0 unspecified atom stereocenters. The zero-order valence-electron chi connectivity index (χ0n) is 15.2. The van der Waals surface area contributed by atoms with Gasteiger partial charge in [-0.25, -0.2) is 19.5 Å². The number of aryl methyl sites for hydroxylation is 3. The maximum absolute atomic E-state index is 5.89. The first-order chi connectivity index (χ1) is 13.1. The van der Waals surface area contributed by atoms with E-state index in [1.165, 1.54) is 5.56 Å². The van der Waals surface area contributed by atoms with E-state index in [1.54, 1.807) is 22.2 Å². The second-order valence-corrected chi connectivity index (χ2v) is 7.63. The van der Waals surface area contributed by atoms with Crippen LogP contribution in [0.5, 0.6) is 5.75 Å². The zero-order valence-corrected chi connectivity index (χ0v) is 16.0. The van der Waals surface area contributed by atoms with Gasteiger partial charge in [-0.1, -0.05) is 18.2 Å². The molecule has 134 valence electrons. The molecule has 0 aliphatic rings. The van der Waals surface area contributed by atoms with Crippen LogP contribution in [0.3, 0.4) is 0 Å². The molecule has 0 radical (unpaired) electrons. The topological polar surface area (TPSA) is 65.2 Å². The molecule has 0 atom stereocenters. The summed E-state index contributed by atoms with van der Waals surface area (Å²) in [5.41, 5.74) is 5.01. The highest BCUT2D eigenvalue weighted by Gasteiger charge is 2.16. The van der Waals surface area contributed by atoms with Gasteiger partial charge in [0.15, 0.2) is 11.5 Å². The van der Waals surface area contributed by atoms with Crippen LogP contribution >= 0.6 is 11.3 Å². The largest absolute Gasteiger partial charge is 0.485 e. The highest BCUT2D eigenvalue weighted by Crippen LogP contribution is 2.35. The van der Waals surface area contributed by atoms with E-state index in [0.717, 1.165) is 43.1 Å². The first kappa shape index (κ1) is 16.1. The molecule has 0 amide bonds. The molecule has 0 saturated heterocycles. The first-order valence-corrected chi connectivity index (χ1v) is 9.51. The molecule has 0 N–H and O–H groups in total. The van der Waals surface area contributed by atoms with Gasteiger partial charge in [0.2, 0.25) is 0 Å². The molecule has 6 nitrogen and oxygen atoms in total. The smallest absolute Gasteiger partial charge is 0.189 e. The number of benzene rings is 1. The highest BCUT2D eigenvalue weighted by molar-refractivity contribution is 7.26. The minimum atomic E-state index is 0.315. The Morgan fingerprint density at radius 3 is 2.78 bits per heavy atom. The summed E-state index contributed by atoms with van der Waals surface area (Å²) in [6.07, 6.45) is 1.72. The van der Waals surface area contributed by atoms with Crippen molar-refractivity contribution < 1.29 is 4.74 Å². The van der Waals surface area contributed by atoms with Gasteiger partial charge in [-0.05, 0) is 44.0 Å². The average molecular weight is 375 g/mol. The Bertz CT molecular complexity index is 1320. The summed E-state index contributed by atoms with van der Waals surface area (Å²) < 4.78 is 8.61. The minimum absolute atomic E-state index is 0.315. The lowest BCUT2D eigenvalue weighted by molar-refractivity contribution is 0.294. The van der Waals surface area contributed by atoms with Crippen LogP contribution in [0.25, 0.3) is 26.1 Å². The molecular formula is C20H17N5OS. The Labute approximate surface area is 159 Å². The minimum Gasteiger partial charge on any atom is -0.485 e. The Hall–Kier alpha value is -3.06. The van der Waals surface area contributed by atoms with Gasteiger partial charge >= 0.3 is 0 Å². The molecule has 0 saturated carbocycles. The Morgan fingerprint density at radius 2 is 1.93 bits per heavy atom. The number of ether oxygens (including phenoxy) is 1. The van der Waals surface area contributed by atoms with Crippen molar-refractivity contribution in [2.45, 2.75) is 27.4 Å². The predicted molar refractivity (Wildman–Crippen MR) is 106 cm³/mol. The SMILES string of the molecule is Cc1cc(C)c2c(n1)sc1c2ncn2nc(COc3ccccc3C)nc12. The van der Waals surface area contributed by atoms with Gasteiger partial charge in [-0.15, -0.1) is 16.4 Å². The molecule has 4 aromatic heterocycles. The molecule has 0 spiro atoms. The molecule has 7 heteroatoms. The molecule has 4 heterocycles. The number of thiophene rings is 1. The van der Waals surface area contributed by atoms with Gasteiger partial charge < -0.3 is 4.74 Å². The van der Waals surface area contributed by atoms with Gasteiger partial charge in [-0.2, -0.15) is 0 Å². The normalized spacial score (nSPS) is 11.7. The van der Waals surface area contributed by atoms with E-state index >= 15 is 0 Å². The van der Waals surface area contributed by atoms with Crippen molar-refractivity contribution in [2.24, 2.45) is 0 Å². The van der Waals surface area contributed by atoms with E-state index in [1.807, 2.05) is 38.1 Å². The molecule has 0 fully saturated rings. The third-order valence-corrected chi connectivity index (χ3v) is 5.66. The lowest BCUT2D eigenvalue weighted by atomic mass is 10.1. The van der Waals surface area contributed by atoms with Crippen LogP contribution in [0.4, 0.5) is 0 Å². The summed E-state index contributed by atoms with van der Waals surface area (Å²) in [5, 5.41) is 5.62. The summed E-state index contributed by atoms with van der Waals surface area (Å²) in [5.74, 6) is 1.47. The maximum Gasteiger partial charge on any atom is 0.189 e. The van der Waals surface area contributed by atoms with Crippen molar-refractivity contribution >= 4 is 37.4 Å². The number of fused-ring (bicyclic) bond motifs is 5. The summed E-state index contributed by atoms with van der Waals surface area (Å²) in [6.45, 7) is 6.45. The molecule has 0 aliphatic carbocycles. The lowest BCUT2D eigenvalue weighted by Crippen LogP contribution is -1.99. The summed E-state index contributed by atoms with van der Waals surface area (Å²) in [7, 11) is 0. The quantitative estimate of drug-likeness (QED) is 0.468. The van der Waals surface area contributed by atoms with Crippen molar-refractivity contribution in [1.82, 2.24) is 24.6 Å². The van der Waals surface area contributed by atoms with Crippen LogP contribution < -0.4 is 4.74 Å². The maximum atomic E-state index is 5.89. The predicted octanol–water partition coefficient (Wildman–Crippen LogP) is 4.39. The second kappa shape index (κ2) is 5.99. The molecule has 5 aromatic rings.